The number of carbonyl (C=O) groups excluding carboxylic acids is 2. The molecule has 0 radical (unpaired) electrons. The van der Waals surface area contributed by atoms with Crippen LogP contribution in [0.4, 0.5) is 5.69 Å². The number of nitrogens with zero attached hydrogens (tertiary/aromatic N) is 3. The van der Waals surface area contributed by atoms with Crippen LogP contribution >= 0.6 is 11.6 Å². The monoisotopic (exact) mass is 382 g/mol. The van der Waals surface area contributed by atoms with E-state index in [2.05, 4.69) is 9.97 Å². The molecular weight excluding hydrogens is 364 g/mol. The molecule has 4 rings (SSSR count). The highest BCUT2D eigenvalue weighted by atomic mass is 35.5. The molecule has 1 saturated heterocycles. The number of halogens is 1. The zero-order valence-corrected chi connectivity index (χ0v) is 15.7. The van der Waals surface area contributed by atoms with Crippen LogP contribution in [-0.4, -0.2) is 46.3 Å². The van der Waals surface area contributed by atoms with Gasteiger partial charge in [0.2, 0.25) is 11.8 Å². The van der Waals surface area contributed by atoms with Gasteiger partial charge in [-0.15, -0.1) is 0 Å². The summed E-state index contributed by atoms with van der Waals surface area (Å²) in [4.78, 5) is 36.1. The molecule has 0 aliphatic carbocycles. The molecule has 0 spiro atoms. The fraction of sp³-hybridized carbons (Fsp3) is 0.250. The molecule has 6 nitrogen and oxygen atoms in total. The molecule has 0 bridgehead atoms. The lowest BCUT2D eigenvalue weighted by molar-refractivity contribution is -0.136. The molecule has 1 N–H and O–H groups in total. The number of fused-ring (bicyclic) bond motifs is 1. The summed E-state index contributed by atoms with van der Waals surface area (Å²) >= 11 is 5.98. The zero-order chi connectivity index (χ0) is 19.0. The maximum absolute atomic E-state index is 12.6. The van der Waals surface area contributed by atoms with Crippen molar-refractivity contribution in [1.29, 1.82) is 0 Å². The second-order valence-corrected chi connectivity index (χ2v) is 7.11. The van der Waals surface area contributed by atoms with Crippen molar-refractivity contribution in [1.82, 2.24) is 14.9 Å². The van der Waals surface area contributed by atoms with Crippen LogP contribution in [0.25, 0.3) is 11.0 Å². The molecule has 3 aromatic rings. The summed E-state index contributed by atoms with van der Waals surface area (Å²) in [5.74, 6) is 0.393. The fourth-order valence-electron chi connectivity index (χ4n) is 3.38. The number of rotatable bonds is 3. The SMILES string of the molecule is Cc1ccccc1N1CCN(C(=O)Cc2nc3ccc(Cl)cc3[nH]2)CC1=O. The van der Waals surface area contributed by atoms with E-state index in [0.29, 0.717) is 23.9 Å². The van der Waals surface area contributed by atoms with Crippen LogP contribution in [0.3, 0.4) is 0 Å². The Bertz CT molecular complexity index is 1030. The molecule has 1 aliphatic heterocycles. The summed E-state index contributed by atoms with van der Waals surface area (Å²) in [6, 6.07) is 13.1. The minimum absolute atomic E-state index is 0.0692. The van der Waals surface area contributed by atoms with E-state index in [0.717, 1.165) is 22.3 Å². The molecule has 138 valence electrons. The van der Waals surface area contributed by atoms with Crippen LogP contribution in [0.5, 0.6) is 0 Å². The number of nitrogens with one attached hydrogen (secondary N) is 1. The number of piperazine rings is 1. The average Bonchev–Trinajstić information content (AvgIpc) is 3.03. The van der Waals surface area contributed by atoms with Crippen molar-refractivity contribution in [2.75, 3.05) is 24.5 Å². The average molecular weight is 383 g/mol. The van der Waals surface area contributed by atoms with Crippen molar-refractivity contribution >= 4 is 40.1 Å². The molecular formula is C20H19ClN4O2. The molecule has 0 atom stereocenters. The van der Waals surface area contributed by atoms with E-state index in [4.69, 9.17) is 11.6 Å². The number of aryl methyl sites for hydroxylation is 1. The highest BCUT2D eigenvalue weighted by molar-refractivity contribution is 6.31. The number of carbonyl (C=O) groups is 2. The molecule has 1 aromatic heterocycles. The molecule has 2 amide bonds. The van der Waals surface area contributed by atoms with E-state index in [9.17, 15) is 9.59 Å². The maximum Gasteiger partial charge on any atom is 0.246 e. The lowest BCUT2D eigenvalue weighted by atomic mass is 10.1. The van der Waals surface area contributed by atoms with Crippen LogP contribution in [0, 0.1) is 6.92 Å². The number of aromatic amines is 1. The van der Waals surface area contributed by atoms with Gasteiger partial charge in [0.05, 0.1) is 17.5 Å². The molecule has 0 unspecified atom stereocenters. The molecule has 7 heteroatoms. The third-order valence-electron chi connectivity index (χ3n) is 4.79. The normalized spacial score (nSPS) is 14.8. The van der Waals surface area contributed by atoms with Gasteiger partial charge >= 0.3 is 0 Å². The van der Waals surface area contributed by atoms with Gasteiger partial charge in [0.25, 0.3) is 0 Å². The quantitative estimate of drug-likeness (QED) is 0.757. The maximum atomic E-state index is 12.6. The number of hydrogen-bond acceptors (Lipinski definition) is 3. The number of amides is 2. The summed E-state index contributed by atoms with van der Waals surface area (Å²) < 4.78 is 0. The largest absolute Gasteiger partial charge is 0.342 e. The van der Waals surface area contributed by atoms with Gasteiger partial charge in [0.15, 0.2) is 0 Å². The highest BCUT2D eigenvalue weighted by Crippen LogP contribution is 2.22. The molecule has 2 heterocycles. The Morgan fingerprint density at radius 2 is 2.04 bits per heavy atom. The molecule has 27 heavy (non-hydrogen) atoms. The third kappa shape index (κ3) is 3.53. The second kappa shape index (κ2) is 7.04. The van der Waals surface area contributed by atoms with Crippen LogP contribution in [0.1, 0.15) is 11.4 Å². The number of imidazole rings is 1. The molecule has 1 aliphatic rings. The van der Waals surface area contributed by atoms with Crippen molar-refractivity contribution in [2.24, 2.45) is 0 Å². The Kier molecular flexibility index (Phi) is 4.58. The number of benzene rings is 2. The highest BCUT2D eigenvalue weighted by Gasteiger charge is 2.29. The Morgan fingerprint density at radius 3 is 2.81 bits per heavy atom. The van der Waals surface area contributed by atoms with E-state index in [1.807, 2.05) is 37.3 Å². The zero-order valence-electron chi connectivity index (χ0n) is 14.9. The summed E-state index contributed by atoms with van der Waals surface area (Å²) in [6.45, 7) is 3.06. The minimum Gasteiger partial charge on any atom is -0.342 e. The summed E-state index contributed by atoms with van der Waals surface area (Å²) in [5.41, 5.74) is 3.52. The Hall–Kier alpha value is -2.86. The molecule has 0 saturated carbocycles. The number of H-pyrrole nitrogens is 1. The van der Waals surface area contributed by atoms with Crippen LogP contribution in [0.2, 0.25) is 5.02 Å². The predicted octanol–water partition coefficient (Wildman–Crippen LogP) is 2.94. The van der Waals surface area contributed by atoms with E-state index >= 15 is 0 Å². The van der Waals surface area contributed by atoms with E-state index in [1.54, 1.807) is 21.9 Å². The number of aromatic nitrogens is 2. The standard InChI is InChI=1S/C20H19ClN4O2/c1-13-4-2-3-5-17(13)25-9-8-24(12-20(25)27)19(26)11-18-22-15-7-6-14(21)10-16(15)23-18/h2-7,10H,8-9,11-12H2,1H3,(H,22,23). The van der Waals surface area contributed by atoms with Gasteiger partial charge in [-0.05, 0) is 36.8 Å². The number of anilines is 1. The summed E-state index contributed by atoms with van der Waals surface area (Å²) in [5, 5.41) is 0.613. The fourth-order valence-corrected chi connectivity index (χ4v) is 3.55. The van der Waals surface area contributed by atoms with Gasteiger partial charge in [-0.3, -0.25) is 9.59 Å². The second-order valence-electron chi connectivity index (χ2n) is 6.67. The van der Waals surface area contributed by atoms with E-state index in [1.165, 1.54) is 0 Å². The number of para-hydroxylation sites is 1. The molecule has 1 fully saturated rings. The first-order chi connectivity index (χ1) is 13.0. The van der Waals surface area contributed by atoms with Crippen molar-refractivity contribution < 1.29 is 9.59 Å². The summed E-state index contributed by atoms with van der Waals surface area (Å²) in [6.07, 6.45) is 0.129. The van der Waals surface area contributed by atoms with Gasteiger partial charge in [0, 0.05) is 23.8 Å². The van der Waals surface area contributed by atoms with Crippen LogP contribution in [0.15, 0.2) is 42.5 Å². The van der Waals surface area contributed by atoms with Gasteiger partial charge in [-0.25, -0.2) is 4.98 Å². The lowest BCUT2D eigenvalue weighted by Crippen LogP contribution is -2.53. The van der Waals surface area contributed by atoms with Crippen LogP contribution < -0.4 is 4.90 Å². The first kappa shape index (κ1) is 17.5. The summed E-state index contributed by atoms with van der Waals surface area (Å²) in [7, 11) is 0. The van der Waals surface area contributed by atoms with Gasteiger partial charge in [-0.2, -0.15) is 0 Å². The van der Waals surface area contributed by atoms with Crippen molar-refractivity contribution in [2.45, 2.75) is 13.3 Å². The van der Waals surface area contributed by atoms with E-state index < -0.39 is 0 Å². The topological polar surface area (TPSA) is 69.3 Å². The van der Waals surface area contributed by atoms with Gasteiger partial charge in [0.1, 0.15) is 12.4 Å². The van der Waals surface area contributed by atoms with Gasteiger partial charge < -0.3 is 14.8 Å². The Morgan fingerprint density at radius 1 is 1.22 bits per heavy atom. The van der Waals surface area contributed by atoms with Gasteiger partial charge in [-0.1, -0.05) is 29.8 Å². The predicted molar refractivity (Wildman–Crippen MR) is 105 cm³/mol. The number of hydrogen-bond donors (Lipinski definition) is 1. The lowest BCUT2D eigenvalue weighted by Gasteiger charge is -2.35. The minimum atomic E-state index is -0.113. The molecule has 2 aromatic carbocycles. The van der Waals surface area contributed by atoms with Crippen molar-refractivity contribution in [3.63, 3.8) is 0 Å². The van der Waals surface area contributed by atoms with Crippen molar-refractivity contribution in [3.8, 4) is 0 Å². The Balaban J connectivity index is 1.44. The Labute approximate surface area is 161 Å². The van der Waals surface area contributed by atoms with E-state index in [-0.39, 0.29) is 24.8 Å². The van der Waals surface area contributed by atoms with Crippen molar-refractivity contribution in [3.05, 3.63) is 58.9 Å². The smallest absolute Gasteiger partial charge is 0.246 e. The van der Waals surface area contributed by atoms with Crippen LogP contribution in [-0.2, 0) is 16.0 Å². The first-order valence-electron chi connectivity index (χ1n) is 8.79. The third-order valence-corrected chi connectivity index (χ3v) is 5.03. The first-order valence-corrected chi connectivity index (χ1v) is 9.17.